The zero-order valence-electron chi connectivity index (χ0n) is 18.3. The number of amides is 1. The molecule has 5 rings (SSSR count). The maximum absolute atomic E-state index is 11.7. The molecule has 2 N–H and O–H groups in total. The van der Waals surface area contributed by atoms with Gasteiger partial charge >= 0.3 is 0 Å². The molecule has 1 amide bonds. The van der Waals surface area contributed by atoms with E-state index < -0.39 is 0 Å². The normalized spacial score (nSPS) is 11.2. The predicted molar refractivity (Wildman–Crippen MR) is 126 cm³/mol. The molecule has 8 heteroatoms. The van der Waals surface area contributed by atoms with Crippen molar-refractivity contribution in [3.63, 3.8) is 0 Å². The molecule has 0 atom stereocenters. The highest BCUT2D eigenvalue weighted by atomic mass is 16.3. The van der Waals surface area contributed by atoms with Crippen LogP contribution in [-0.4, -0.2) is 37.0 Å². The van der Waals surface area contributed by atoms with Crippen LogP contribution in [0.5, 0.6) is 0 Å². The first kappa shape index (κ1) is 20.7. The van der Waals surface area contributed by atoms with Gasteiger partial charge in [0.2, 0.25) is 5.91 Å². The first-order valence-corrected chi connectivity index (χ1v) is 10.6. The Morgan fingerprint density at radius 3 is 2.73 bits per heavy atom. The Labute approximate surface area is 190 Å². The topological polar surface area (TPSA) is 98.1 Å². The third kappa shape index (κ3) is 4.16. The number of imidazole rings is 1. The molecular weight excluding hydrogens is 418 g/mol. The number of anilines is 1. The fourth-order valence-corrected chi connectivity index (χ4v) is 3.89. The summed E-state index contributed by atoms with van der Waals surface area (Å²) in [5.74, 6) is 1.41. The number of furan rings is 1. The molecule has 0 aliphatic rings. The number of nitrogens with one attached hydrogen (secondary N) is 1. The zero-order valence-corrected chi connectivity index (χ0v) is 18.3. The Hall–Kier alpha value is -4.17. The van der Waals surface area contributed by atoms with Gasteiger partial charge in [0.05, 0.1) is 30.4 Å². The molecule has 2 aromatic carbocycles. The van der Waals surface area contributed by atoms with Crippen LogP contribution in [0.4, 0.5) is 5.69 Å². The molecule has 3 heterocycles. The zero-order chi connectivity index (χ0) is 22.9. The van der Waals surface area contributed by atoms with Gasteiger partial charge in [-0.3, -0.25) is 14.0 Å². The van der Waals surface area contributed by atoms with Gasteiger partial charge in [-0.25, -0.2) is 4.98 Å². The van der Waals surface area contributed by atoms with Crippen molar-refractivity contribution in [2.75, 3.05) is 11.9 Å². The Morgan fingerprint density at radius 2 is 1.97 bits per heavy atom. The number of hydrogen-bond donors (Lipinski definition) is 2. The Bertz CT molecular complexity index is 1460. The maximum Gasteiger partial charge on any atom is 0.221 e. The number of nitrogens with zero attached hydrogens (tertiary/aromatic N) is 4. The first-order chi connectivity index (χ1) is 16.0. The number of rotatable bonds is 6. The second-order valence-corrected chi connectivity index (χ2v) is 7.89. The van der Waals surface area contributed by atoms with E-state index in [0.717, 1.165) is 44.9 Å². The van der Waals surface area contributed by atoms with Gasteiger partial charge in [-0.1, -0.05) is 6.07 Å². The molecule has 33 heavy (non-hydrogen) atoms. The number of hydrogen-bond acceptors (Lipinski definition) is 5. The lowest BCUT2D eigenvalue weighted by atomic mass is 10.1. The molecule has 0 aliphatic carbocycles. The monoisotopic (exact) mass is 441 g/mol. The lowest BCUT2D eigenvalue weighted by Gasteiger charge is -2.11. The minimum absolute atomic E-state index is 0.0433. The van der Waals surface area contributed by atoms with E-state index in [2.05, 4.69) is 15.4 Å². The summed E-state index contributed by atoms with van der Waals surface area (Å²) in [5, 5.41) is 16.3. The van der Waals surface area contributed by atoms with Crippen molar-refractivity contribution in [1.82, 2.24) is 19.3 Å². The van der Waals surface area contributed by atoms with Crippen LogP contribution in [0.2, 0.25) is 0 Å². The SMILES string of the molecule is CC(=O)Nc1cc(-c2ccc(C)o2)cc(-n2cnc3cc(-c4cnn(CCO)c4)ccc32)c1. The van der Waals surface area contributed by atoms with Crippen molar-refractivity contribution in [3.05, 3.63) is 73.0 Å². The van der Waals surface area contributed by atoms with Crippen LogP contribution in [0.1, 0.15) is 12.7 Å². The number of aromatic nitrogens is 4. The van der Waals surface area contributed by atoms with Crippen molar-refractivity contribution in [2.24, 2.45) is 0 Å². The molecule has 0 fully saturated rings. The van der Waals surface area contributed by atoms with Crippen LogP contribution in [0, 0.1) is 6.92 Å². The van der Waals surface area contributed by atoms with E-state index in [9.17, 15) is 4.79 Å². The van der Waals surface area contributed by atoms with Crippen LogP contribution < -0.4 is 5.32 Å². The summed E-state index contributed by atoms with van der Waals surface area (Å²) in [7, 11) is 0. The Kier molecular flexibility index (Phi) is 5.27. The molecule has 0 radical (unpaired) electrons. The molecule has 8 nitrogen and oxygen atoms in total. The third-order valence-electron chi connectivity index (χ3n) is 5.38. The number of fused-ring (bicyclic) bond motifs is 1. The molecular formula is C25H23N5O3. The smallest absolute Gasteiger partial charge is 0.221 e. The molecule has 0 saturated carbocycles. The first-order valence-electron chi connectivity index (χ1n) is 10.6. The summed E-state index contributed by atoms with van der Waals surface area (Å²) in [5.41, 5.74) is 6.12. The second kappa shape index (κ2) is 8.40. The predicted octanol–water partition coefficient (Wildman–Crippen LogP) is 4.41. The van der Waals surface area contributed by atoms with Gasteiger partial charge < -0.3 is 14.8 Å². The summed E-state index contributed by atoms with van der Waals surface area (Å²) >= 11 is 0. The number of aryl methyl sites for hydroxylation is 1. The number of aliphatic hydroxyl groups is 1. The van der Waals surface area contributed by atoms with E-state index in [1.807, 2.05) is 66.2 Å². The minimum Gasteiger partial charge on any atom is -0.461 e. The van der Waals surface area contributed by atoms with Crippen molar-refractivity contribution in [1.29, 1.82) is 0 Å². The van der Waals surface area contributed by atoms with Crippen molar-refractivity contribution in [3.8, 4) is 28.1 Å². The fraction of sp³-hybridized carbons (Fsp3) is 0.160. The highest BCUT2D eigenvalue weighted by molar-refractivity contribution is 5.90. The van der Waals surface area contributed by atoms with Crippen LogP contribution in [0.15, 0.2) is 71.7 Å². The van der Waals surface area contributed by atoms with Gasteiger partial charge in [0.1, 0.15) is 17.8 Å². The van der Waals surface area contributed by atoms with Crippen LogP contribution in [0.25, 0.3) is 39.2 Å². The van der Waals surface area contributed by atoms with Crippen molar-refractivity contribution in [2.45, 2.75) is 20.4 Å². The summed E-state index contributed by atoms with van der Waals surface area (Å²) in [4.78, 5) is 16.3. The van der Waals surface area contributed by atoms with Gasteiger partial charge in [-0.2, -0.15) is 5.10 Å². The highest BCUT2D eigenvalue weighted by Gasteiger charge is 2.12. The largest absolute Gasteiger partial charge is 0.461 e. The number of carbonyl (C=O) groups excluding carboxylic acids is 1. The Morgan fingerprint density at radius 1 is 1.09 bits per heavy atom. The summed E-state index contributed by atoms with van der Waals surface area (Å²) in [6.07, 6.45) is 5.46. The van der Waals surface area contributed by atoms with Crippen molar-refractivity contribution >= 4 is 22.6 Å². The number of aliphatic hydroxyl groups excluding tert-OH is 1. The summed E-state index contributed by atoms with van der Waals surface area (Å²) in [6, 6.07) is 15.7. The number of carbonyl (C=O) groups is 1. The van der Waals surface area contributed by atoms with E-state index in [1.54, 1.807) is 17.2 Å². The molecule has 0 aliphatic heterocycles. The molecule has 0 saturated heterocycles. The molecule has 166 valence electrons. The van der Waals surface area contributed by atoms with Crippen LogP contribution in [-0.2, 0) is 11.3 Å². The van der Waals surface area contributed by atoms with Gasteiger partial charge in [0.15, 0.2) is 0 Å². The van der Waals surface area contributed by atoms with E-state index in [0.29, 0.717) is 12.2 Å². The quantitative estimate of drug-likeness (QED) is 0.407. The standard InChI is InChI=1S/C25H23N5O3/c1-16-3-6-25(33-16)19-9-21(28-17(2)32)12-22(10-19)30-15-26-23-11-18(4-5-24(23)30)20-13-27-29(14-20)7-8-31/h3-6,9-15,31H,7-8H2,1-2H3,(H,28,32). The van der Waals surface area contributed by atoms with Gasteiger partial charge in [-0.15, -0.1) is 0 Å². The van der Waals surface area contributed by atoms with Gasteiger partial charge in [0.25, 0.3) is 0 Å². The van der Waals surface area contributed by atoms with E-state index >= 15 is 0 Å². The summed E-state index contributed by atoms with van der Waals surface area (Å²) in [6.45, 7) is 3.89. The van der Waals surface area contributed by atoms with E-state index in [-0.39, 0.29) is 12.5 Å². The van der Waals surface area contributed by atoms with Crippen LogP contribution in [0.3, 0.4) is 0 Å². The molecule has 0 unspecified atom stereocenters. The average Bonchev–Trinajstić information content (AvgIpc) is 3.52. The van der Waals surface area contributed by atoms with E-state index in [4.69, 9.17) is 9.52 Å². The lowest BCUT2D eigenvalue weighted by Crippen LogP contribution is -2.06. The van der Waals surface area contributed by atoms with Crippen LogP contribution >= 0.6 is 0 Å². The minimum atomic E-state index is -0.143. The molecule has 5 aromatic rings. The molecule has 0 bridgehead atoms. The van der Waals surface area contributed by atoms with Gasteiger partial charge in [-0.05, 0) is 55.0 Å². The highest BCUT2D eigenvalue weighted by Crippen LogP contribution is 2.31. The Balaban J connectivity index is 1.57. The average molecular weight is 441 g/mol. The number of benzene rings is 2. The molecule has 0 spiro atoms. The molecule has 3 aromatic heterocycles. The maximum atomic E-state index is 11.7. The lowest BCUT2D eigenvalue weighted by molar-refractivity contribution is -0.114. The second-order valence-electron chi connectivity index (χ2n) is 7.89. The van der Waals surface area contributed by atoms with E-state index in [1.165, 1.54) is 6.92 Å². The fourth-order valence-electron chi connectivity index (χ4n) is 3.89. The van der Waals surface area contributed by atoms with Crippen molar-refractivity contribution < 1.29 is 14.3 Å². The summed E-state index contributed by atoms with van der Waals surface area (Å²) < 4.78 is 9.51. The van der Waals surface area contributed by atoms with Gasteiger partial charge in [0, 0.05) is 35.6 Å². The third-order valence-corrected chi connectivity index (χ3v) is 5.38.